The Morgan fingerprint density at radius 2 is 0.810 bits per heavy atom. The number of hydrogen-bond acceptors (Lipinski definition) is 4. The lowest BCUT2D eigenvalue weighted by Gasteiger charge is -2.19. The first-order valence-corrected chi connectivity index (χ1v) is 14.4. The third kappa shape index (κ3) is 4.59. The number of fused-ring (bicyclic) bond motifs is 4. The summed E-state index contributed by atoms with van der Waals surface area (Å²) in [5.41, 5.74) is 19.3. The van der Waals surface area contributed by atoms with E-state index in [2.05, 4.69) is 90.1 Å². The Labute approximate surface area is 247 Å². The molecule has 7 rings (SSSR count). The number of allylic oxidation sites excluding steroid dienone is 12. The van der Waals surface area contributed by atoms with Gasteiger partial charge in [-0.1, -0.05) is 35.4 Å². The summed E-state index contributed by atoms with van der Waals surface area (Å²) < 4.78 is 0. The fourth-order valence-electron chi connectivity index (χ4n) is 6.61. The van der Waals surface area contributed by atoms with E-state index in [0.717, 1.165) is 56.8 Å². The van der Waals surface area contributed by atoms with Crippen molar-refractivity contribution in [1.82, 2.24) is 0 Å². The van der Waals surface area contributed by atoms with E-state index < -0.39 is 0 Å². The molecule has 0 radical (unpaired) electrons. The fourth-order valence-corrected chi connectivity index (χ4v) is 6.61. The molecule has 4 nitrogen and oxygen atoms in total. The fraction of sp³-hybridized carbons (Fsp3) is 0.158. The van der Waals surface area contributed by atoms with E-state index in [4.69, 9.17) is 20.0 Å². The Balaban J connectivity index is 1.56. The summed E-state index contributed by atoms with van der Waals surface area (Å²) in [4.78, 5) is 20.0. The van der Waals surface area contributed by atoms with Gasteiger partial charge in [-0.25, -0.2) is 20.0 Å². The van der Waals surface area contributed by atoms with Crippen LogP contribution in [0.15, 0.2) is 128 Å². The Kier molecular flexibility index (Phi) is 6.09. The van der Waals surface area contributed by atoms with Gasteiger partial charge in [0.2, 0.25) is 0 Å². The van der Waals surface area contributed by atoms with E-state index >= 15 is 0 Å². The van der Waals surface area contributed by atoms with E-state index in [1.807, 2.05) is 36.5 Å². The average molecular weight is 545 g/mol. The second-order valence-corrected chi connectivity index (χ2v) is 11.6. The molecular weight excluding hydrogens is 512 g/mol. The van der Waals surface area contributed by atoms with Gasteiger partial charge >= 0.3 is 0 Å². The number of hydrogen-bond donors (Lipinski definition) is 0. The molecule has 2 aromatic rings. The van der Waals surface area contributed by atoms with Crippen molar-refractivity contribution in [3.63, 3.8) is 0 Å². The molecule has 0 aromatic heterocycles. The molecule has 5 heterocycles. The van der Waals surface area contributed by atoms with Crippen molar-refractivity contribution in [2.45, 2.75) is 41.5 Å². The summed E-state index contributed by atoms with van der Waals surface area (Å²) in [6.45, 7) is 13.2. The molecule has 0 unspecified atom stereocenters. The Morgan fingerprint density at radius 1 is 0.405 bits per heavy atom. The lowest BCUT2D eigenvalue weighted by atomic mass is 9.83. The second-order valence-electron chi connectivity index (χ2n) is 11.6. The summed E-state index contributed by atoms with van der Waals surface area (Å²) in [5.74, 6) is 0. The Hall–Kier alpha value is -4.96. The molecule has 4 heteroatoms. The van der Waals surface area contributed by atoms with E-state index in [9.17, 15) is 0 Å². The minimum absolute atomic E-state index is 0.872. The molecule has 0 amide bonds. The molecule has 0 N–H and O–H groups in total. The molecule has 204 valence electrons. The average Bonchev–Trinajstić information content (AvgIpc) is 3.70. The predicted octanol–water partition coefficient (Wildman–Crippen LogP) is 8.48. The van der Waals surface area contributed by atoms with Crippen LogP contribution in [0.5, 0.6) is 0 Å². The predicted molar refractivity (Wildman–Crippen MR) is 178 cm³/mol. The monoisotopic (exact) mass is 544 g/mol. The lowest BCUT2D eigenvalue weighted by Crippen LogP contribution is -2.05. The smallest absolute Gasteiger partial charge is 0.0744 e. The molecule has 42 heavy (non-hydrogen) atoms. The van der Waals surface area contributed by atoms with Crippen molar-refractivity contribution >= 4 is 34.0 Å². The van der Waals surface area contributed by atoms with Gasteiger partial charge in [-0.2, -0.15) is 0 Å². The van der Waals surface area contributed by atoms with Crippen molar-refractivity contribution in [1.29, 1.82) is 0 Å². The SMILES string of the molecule is Cc1cc(C)c(C2=C(c3c(C)cc(C)cc3C)C3=NC2=CC2=NC(=CC4=NC(=CC5=NC(=C3)C=C5)C=C4)C=C2)c(C)c1. The molecule has 2 aromatic carbocycles. The van der Waals surface area contributed by atoms with Crippen molar-refractivity contribution in [3.8, 4) is 0 Å². The van der Waals surface area contributed by atoms with E-state index in [1.54, 1.807) is 0 Å². The Morgan fingerprint density at radius 3 is 1.29 bits per heavy atom. The standard InChI is InChI=1S/C38H32N4/c1-21-13-23(3)35(24(4)14-21)37-33-19-31-11-9-29(40-31)17-27-7-8-28(39-27)18-30-10-12-32(41-30)20-34(42-33)38(37)36-25(5)15-22(2)16-26(36)6/h7-20H,1-6H3. The summed E-state index contributed by atoms with van der Waals surface area (Å²) in [5, 5.41) is 0. The third-order valence-corrected chi connectivity index (χ3v) is 8.07. The summed E-state index contributed by atoms with van der Waals surface area (Å²) in [7, 11) is 0. The van der Waals surface area contributed by atoms with Gasteiger partial charge in [0.25, 0.3) is 0 Å². The first kappa shape index (κ1) is 26.0. The number of aryl methyl sites for hydroxylation is 6. The highest BCUT2D eigenvalue weighted by molar-refractivity contribution is 6.40. The minimum atomic E-state index is 0.872. The van der Waals surface area contributed by atoms with Crippen LogP contribution < -0.4 is 0 Å². The molecule has 5 aliphatic heterocycles. The molecule has 0 saturated heterocycles. The van der Waals surface area contributed by atoms with Gasteiger partial charge in [-0.15, -0.1) is 0 Å². The molecule has 0 aliphatic carbocycles. The minimum Gasteiger partial charge on any atom is -0.249 e. The van der Waals surface area contributed by atoms with Gasteiger partial charge < -0.3 is 0 Å². The maximum atomic E-state index is 5.36. The van der Waals surface area contributed by atoms with Crippen molar-refractivity contribution in [2.75, 3.05) is 0 Å². The van der Waals surface area contributed by atoms with Crippen LogP contribution in [-0.4, -0.2) is 22.8 Å². The Bertz CT molecular complexity index is 1960. The molecular formula is C38H32N4. The molecule has 5 aliphatic rings. The molecule has 0 saturated carbocycles. The van der Waals surface area contributed by atoms with E-state index in [-0.39, 0.29) is 0 Å². The van der Waals surface area contributed by atoms with Crippen LogP contribution in [0.1, 0.15) is 44.5 Å². The van der Waals surface area contributed by atoms with E-state index in [1.165, 1.54) is 44.5 Å². The number of rotatable bonds is 2. The van der Waals surface area contributed by atoms with Crippen LogP contribution in [-0.2, 0) is 0 Å². The highest BCUT2D eigenvalue weighted by Gasteiger charge is 2.30. The zero-order valence-electron chi connectivity index (χ0n) is 24.9. The maximum Gasteiger partial charge on any atom is 0.0744 e. The van der Waals surface area contributed by atoms with Crippen LogP contribution in [0.4, 0.5) is 0 Å². The first-order valence-electron chi connectivity index (χ1n) is 14.4. The normalized spacial score (nSPS) is 18.5. The first-order chi connectivity index (χ1) is 20.2. The van der Waals surface area contributed by atoms with Crippen LogP contribution >= 0.6 is 0 Å². The highest BCUT2D eigenvalue weighted by Crippen LogP contribution is 2.44. The van der Waals surface area contributed by atoms with Crippen molar-refractivity contribution < 1.29 is 0 Å². The number of aliphatic imine (C=N–C) groups is 4. The summed E-state index contributed by atoms with van der Waals surface area (Å²) >= 11 is 0. The van der Waals surface area contributed by atoms with Crippen molar-refractivity contribution in [2.24, 2.45) is 20.0 Å². The molecule has 0 atom stereocenters. The van der Waals surface area contributed by atoms with Crippen LogP contribution in [0.25, 0.3) is 11.1 Å². The second kappa shape index (κ2) is 9.85. The van der Waals surface area contributed by atoms with Gasteiger partial charge in [-0.05, 0) is 136 Å². The molecule has 0 spiro atoms. The molecule has 0 fully saturated rings. The zero-order chi connectivity index (χ0) is 29.1. The quantitative estimate of drug-likeness (QED) is 0.364. The highest BCUT2D eigenvalue weighted by atomic mass is 14.8. The molecule has 8 bridgehead atoms. The van der Waals surface area contributed by atoms with Crippen LogP contribution in [0.2, 0.25) is 0 Å². The van der Waals surface area contributed by atoms with Gasteiger partial charge in [0.05, 0.1) is 45.6 Å². The van der Waals surface area contributed by atoms with Crippen LogP contribution in [0.3, 0.4) is 0 Å². The van der Waals surface area contributed by atoms with E-state index in [0.29, 0.717) is 0 Å². The summed E-state index contributed by atoms with van der Waals surface area (Å²) in [6.07, 6.45) is 20.5. The summed E-state index contributed by atoms with van der Waals surface area (Å²) in [6, 6.07) is 9.08. The number of benzene rings is 2. The van der Waals surface area contributed by atoms with Gasteiger partial charge in [0, 0.05) is 11.1 Å². The van der Waals surface area contributed by atoms with Crippen LogP contribution in [0, 0.1) is 41.5 Å². The zero-order valence-corrected chi connectivity index (χ0v) is 24.9. The largest absolute Gasteiger partial charge is 0.249 e. The topological polar surface area (TPSA) is 49.4 Å². The van der Waals surface area contributed by atoms with Gasteiger partial charge in [0.1, 0.15) is 0 Å². The third-order valence-electron chi connectivity index (χ3n) is 8.07. The van der Waals surface area contributed by atoms with Gasteiger partial charge in [-0.3, -0.25) is 0 Å². The van der Waals surface area contributed by atoms with Crippen molar-refractivity contribution in [3.05, 3.63) is 152 Å². The van der Waals surface area contributed by atoms with Gasteiger partial charge in [0.15, 0.2) is 0 Å². The number of nitrogens with zero attached hydrogens (tertiary/aromatic N) is 4. The lowest BCUT2D eigenvalue weighted by molar-refractivity contribution is 1.27. The maximum absolute atomic E-state index is 5.36.